The van der Waals surface area contributed by atoms with Crippen molar-refractivity contribution in [2.45, 2.75) is 46.2 Å². The molecule has 1 aromatic rings. The third-order valence-corrected chi connectivity index (χ3v) is 3.74. The first-order chi connectivity index (χ1) is 8.89. The maximum absolute atomic E-state index is 5.44. The monoisotopic (exact) mass is 277 g/mol. The smallest absolute Gasteiger partial charge is 0.189 e. The summed E-state index contributed by atoms with van der Waals surface area (Å²) in [6.07, 6.45) is 2.22. The van der Waals surface area contributed by atoms with Crippen molar-refractivity contribution in [2.75, 3.05) is 5.01 Å². The van der Waals surface area contributed by atoms with Crippen LogP contribution in [-0.4, -0.2) is 10.8 Å². The number of rotatable bonds is 4. The molecule has 0 amide bonds. The van der Waals surface area contributed by atoms with E-state index < -0.39 is 0 Å². The molecule has 104 valence electrons. The van der Waals surface area contributed by atoms with Gasteiger partial charge in [-0.15, -0.1) is 0 Å². The molecule has 1 unspecified atom stereocenters. The second-order valence-corrected chi connectivity index (χ2v) is 6.36. The van der Waals surface area contributed by atoms with Crippen LogP contribution in [0, 0.1) is 12.8 Å². The summed E-state index contributed by atoms with van der Waals surface area (Å²) in [5.41, 5.74) is 5.68. The lowest BCUT2D eigenvalue weighted by Crippen LogP contribution is -2.48. The molecule has 0 bridgehead atoms. The Bertz CT molecular complexity index is 455. The van der Waals surface area contributed by atoms with Crippen molar-refractivity contribution in [3.63, 3.8) is 0 Å². The van der Waals surface area contributed by atoms with Crippen LogP contribution in [0.15, 0.2) is 24.3 Å². The van der Waals surface area contributed by atoms with Crippen LogP contribution in [0.2, 0.25) is 0 Å². The first-order valence-corrected chi connectivity index (χ1v) is 7.27. The number of hydrogen-bond acceptors (Lipinski definition) is 2. The molecule has 19 heavy (non-hydrogen) atoms. The maximum Gasteiger partial charge on any atom is 0.189 e. The second-order valence-electron chi connectivity index (χ2n) is 5.98. The van der Waals surface area contributed by atoms with Crippen molar-refractivity contribution in [2.24, 2.45) is 5.92 Å². The van der Waals surface area contributed by atoms with Gasteiger partial charge in [0.1, 0.15) is 5.66 Å². The van der Waals surface area contributed by atoms with Crippen molar-refractivity contribution in [3.8, 4) is 0 Å². The van der Waals surface area contributed by atoms with Crippen LogP contribution in [0.1, 0.15) is 39.2 Å². The van der Waals surface area contributed by atoms with Crippen LogP contribution >= 0.6 is 12.2 Å². The van der Waals surface area contributed by atoms with E-state index in [0.717, 1.165) is 17.2 Å². The van der Waals surface area contributed by atoms with Crippen LogP contribution in [0.3, 0.4) is 0 Å². The number of aryl methyl sites for hydroxylation is 1. The molecule has 0 radical (unpaired) electrons. The van der Waals surface area contributed by atoms with Crippen molar-refractivity contribution < 1.29 is 0 Å². The zero-order valence-electron chi connectivity index (χ0n) is 12.2. The van der Waals surface area contributed by atoms with Crippen LogP contribution in [-0.2, 0) is 0 Å². The fraction of sp³-hybridized carbons (Fsp3) is 0.533. The van der Waals surface area contributed by atoms with Gasteiger partial charge in [-0.1, -0.05) is 31.5 Å². The molecule has 1 aromatic carbocycles. The standard InChI is InChI=1S/C15H23N3S/c1-11(2)9-10-15(4)16-14(19)18(17-15)13-7-5-12(3)6-8-13/h5-8,11,17H,9-10H2,1-4H3,(H,16,19). The van der Waals surface area contributed by atoms with Gasteiger partial charge >= 0.3 is 0 Å². The molecule has 1 saturated heterocycles. The highest BCUT2D eigenvalue weighted by Crippen LogP contribution is 2.23. The maximum atomic E-state index is 5.44. The third kappa shape index (κ3) is 3.45. The summed E-state index contributed by atoms with van der Waals surface area (Å²) < 4.78 is 0. The molecule has 1 heterocycles. The summed E-state index contributed by atoms with van der Waals surface area (Å²) in [5.74, 6) is 0.697. The Morgan fingerprint density at radius 3 is 2.47 bits per heavy atom. The second kappa shape index (κ2) is 5.47. The van der Waals surface area contributed by atoms with Crippen molar-refractivity contribution in [3.05, 3.63) is 29.8 Å². The molecular weight excluding hydrogens is 254 g/mol. The van der Waals surface area contributed by atoms with Gasteiger partial charge in [-0.05, 0) is 57.0 Å². The predicted octanol–water partition coefficient (Wildman–Crippen LogP) is 3.35. The molecule has 0 aromatic heterocycles. The Kier molecular flexibility index (Phi) is 4.11. The largest absolute Gasteiger partial charge is 0.342 e. The summed E-state index contributed by atoms with van der Waals surface area (Å²) in [6.45, 7) is 8.74. The van der Waals surface area contributed by atoms with Gasteiger partial charge in [0.25, 0.3) is 0 Å². The highest BCUT2D eigenvalue weighted by Gasteiger charge is 2.36. The SMILES string of the molecule is Cc1ccc(N2NC(C)(CCC(C)C)NC2=S)cc1. The molecule has 1 aliphatic rings. The van der Waals surface area contributed by atoms with Crippen molar-refractivity contribution in [1.29, 1.82) is 0 Å². The fourth-order valence-corrected chi connectivity index (χ4v) is 2.57. The minimum absolute atomic E-state index is 0.147. The Hall–Kier alpha value is -1.13. The lowest BCUT2D eigenvalue weighted by Gasteiger charge is -2.26. The van der Waals surface area contributed by atoms with Gasteiger partial charge in [0.2, 0.25) is 0 Å². The average molecular weight is 277 g/mol. The minimum Gasteiger partial charge on any atom is -0.342 e. The fourth-order valence-electron chi connectivity index (χ4n) is 2.19. The zero-order valence-corrected chi connectivity index (χ0v) is 13.0. The number of hydrazine groups is 1. The third-order valence-electron chi connectivity index (χ3n) is 3.46. The molecular formula is C15H23N3S. The van der Waals surface area contributed by atoms with Gasteiger partial charge in [0.05, 0.1) is 5.69 Å². The number of anilines is 1. The molecule has 0 spiro atoms. The van der Waals surface area contributed by atoms with Crippen LogP contribution in [0.4, 0.5) is 5.69 Å². The molecule has 2 rings (SSSR count). The summed E-state index contributed by atoms with van der Waals surface area (Å²) in [7, 11) is 0. The summed E-state index contributed by atoms with van der Waals surface area (Å²) in [6, 6.07) is 8.38. The number of benzene rings is 1. The molecule has 0 saturated carbocycles. The zero-order chi connectivity index (χ0) is 14.0. The number of nitrogens with one attached hydrogen (secondary N) is 2. The van der Waals surface area contributed by atoms with Gasteiger partial charge in [-0.25, -0.2) is 5.43 Å². The van der Waals surface area contributed by atoms with Gasteiger partial charge in [-0.3, -0.25) is 5.01 Å². The van der Waals surface area contributed by atoms with E-state index in [0.29, 0.717) is 5.92 Å². The number of nitrogens with zero attached hydrogens (tertiary/aromatic N) is 1. The molecule has 4 heteroatoms. The molecule has 3 nitrogen and oxygen atoms in total. The first kappa shape index (κ1) is 14.3. The molecule has 1 aliphatic heterocycles. The summed E-state index contributed by atoms with van der Waals surface area (Å²) >= 11 is 5.44. The van der Waals surface area contributed by atoms with Crippen molar-refractivity contribution in [1.82, 2.24) is 10.7 Å². The van der Waals surface area contributed by atoms with E-state index in [1.165, 1.54) is 12.0 Å². The van der Waals surface area contributed by atoms with E-state index in [1.54, 1.807) is 0 Å². The number of hydrogen-bond donors (Lipinski definition) is 2. The van der Waals surface area contributed by atoms with Crippen LogP contribution in [0.5, 0.6) is 0 Å². The summed E-state index contributed by atoms with van der Waals surface area (Å²) in [4.78, 5) is 0. The van der Waals surface area contributed by atoms with Gasteiger partial charge in [-0.2, -0.15) is 0 Å². The predicted molar refractivity (Wildman–Crippen MR) is 85.0 cm³/mol. The molecule has 1 fully saturated rings. The van der Waals surface area contributed by atoms with Gasteiger partial charge in [0.15, 0.2) is 5.11 Å². The van der Waals surface area contributed by atoms with Crippen molar-refractivity contribution >= 4 is 23.0 Å². The first-order valence-electron chi connectivity index (χ1n) is 6.86. The molecule has 2 N–H and O–H groups in total. The quantitative estimate of drug-likeness (QED) is 0.825. The lowest BCUT2D eigenvalue weighted by molar-refractivity contribution is 0.318. The van der Waals surface area contributed by atoms with Gasteiger partial charge < -0.3 is 5.32 Å². The Morgan fingerprint density at radius 2 is 1.89 bits per heavy atom. The number of thiocarbonyl (C=S) groups is 1. The topological polar surface area (TPSA) is 27.3 Å². The Morgan fingerprint density at radius 1 is 1.26 bits per heavy atom. The Labute approximate surface area is 121 Å². The van der Waals surface area contributed by atoms with E-state index in [2.05, 4.69) is 62.7 Å². The van der Waals surface area contributed by atoms with E-state index in [1.807, 2.05) is 5.01 Å². The Balaban J connectivity index is 2.08. The average Bonchev–Trinajstić information content (AvgIpc) is 2.64. The molecule has 1 atom stereocenters. The lowest BCUT2D eigenvalue weighted by atomic mass is 10.0. The molecule has 0 aliphatic carbocycles. The van der Waals surface area contributed by atoms with Gasteiger partial charge in [0, 0.05) is 0 Å². The van der Waals surface area contributed by atoms with E-state index in [-0.39, 0.29) is 5.66 Å². The van der Waals surface area contributed by atoms with E-state index in [9.17, 15) is 0 Å². The highest BCUT2D eigenvalue weighted by atomic mass is 32.1. The van der Waals surface area contributed by atoms with E-state index in [4.69, 9.17) is 12.2 Å². The summed E-state index contributed by atoms with van der Waals surface area (Å²) in [5, 5.41) is 6.11. The minimum atomic E-state index is -0.147. The van der Waals surface area contributed by atoms with Crippen LogP contribution in [0.25, 0.3) is 0 Å². The highest BCUT2D eigenvalue weighted by molar-refractivity contribution is 7.80. The van der Waals surface area contributed by atoms with E-state index >= 15 is 0 Å². The van der Waals surface area contributed by atoms with Crippen LogP contribution < -0.4 is 15.8 Å². The normalized spacial score (nSPS) is 23.0.